The lowest BCUT2D eigenvalue weighted by Crippen LogP contribution is -2.46. The third-order valence-electron chi connectivity index (χ3n) is 4.63. The highest BCUT2D eigenvalue weighted by Crippen LogP contribution is 2.21. The van der Waals surface area contributed by atoms with E-state index in [-0.39, 0.29) is 0 Å². The van der Waals surface area contributed by atoms with Crippen LogP contribution in [-0.4, -0.2) is 30.7 Å². The van der Waals surface area contributed by atoms with Crippen molar-refractivity contribution in [2.45, 2.75) is 78.6 Å². The minimum Gasteiger partial charge on any atom is -0.324 e. The van der Waals surface area contributed by atoms with Gasteiger partial charge in [-0.15, -0.1) is 0 Å². The van der Waals surface area contributed by atoms with Gasteiger partial charge in [-0.05, 0) is 25.2 Å². The number of hydrogen-bond acceptors (Lipinski definition) is 0. The highest BCUT2D eigenvalue weighted by Gasteiger charge is 2.29. The maximum atomic E-state index is 2.35. The maximum absolute atomic E-state index is 2.35. The zero-order valence-corrected chi connectivity index (χ0v) is 13.2. The first-order valence-corrected chi connectivity index (χ1v) is 8.53. The molecule has 1 aliphatic heterocycles. The molecule has 1 fully saturated rings. The minimum absolute atomic E-state index is 0.896. The summed E-state index contributed by atoms with van der Waals surface area (Å²) < 4.78 is 1.46. The van der Waals surface area contributed by atoms with E-state index in [0.717, 1.165) is 5.92 Å². The van der Waals surface area contributed by atoms with Gasteiger partial charge in [0, 0.05) is 12.8 Å². The van der Waals surface area contributed by atoms with E-state index >= 15 is 0 Å². The van der Waals surface area contributed by atoms with Gasteiger partial charge in [0.15, 0.2) is 0 Å². The molecule has 0 radical (unpaired) electrons. The number of rotatable bonds is 10. The molecule has 0 bridgehead atoms. The average molecular weight is 254 g/mol. The van der Waals surface area contributed by atoms with Crippen LogP contribution in [0.3, 0.4) is 0 Å². The van der Waals surface area contributed by atoms with Crippen LogP contribution in [0.15, 0.2) is 0 Å². The molecule has 0 spiro atoms. The quantitative estimate of drug-likeness (QED) is 0.380. The number of hydrogen-bond donors (Lipinski definition) is 0. The Kier molecular flexibility index (Phi) is 7.97. The van der Waals surface area contributed by atoms with Crippen molar-refractivity contribution in [2.75, 3.05) is 26.2 Å². The third-order valence-corrected chi connectivity index (χ3v) is 4.63. The molecular weight excluding hydrogens is 218 g/mol. The predicted molar refractivity (Wildman–Crippen MR) is 81.8 cm³/mol. The fourth-order valence-electron chi connectivity index (χ4n) is 3.57. The molecule has 0 aromatic rings. The first-order chi connectivity index (χ1) is 8.68. The molecule has 0 aromatic carbocycles. The van der Waals surface area contributed by atoms with Crippen molar-refractivity contribution in [2.24, 2.45) is 5.92 Å². The molecule has 0 N–H and O–H groups in total. The van der Waals surface area contributed by atoms with Crippen molar-refractivity contribution < 1.29 is 4.48 Å². The second kappa shape index (κ2) is 8.96. The summed E-state index contributed by atoms with van der Waals surface area (Å²) in [6, 6.07) is 0. The van der Waals surface area contributed by atoms with Crippen LogP contribution < -0.4 is 0 Å². The lowest BCUT2D eigenvalue weighted by Gasteiger charge is -2.34. The van der Waals surface area contributed by atoms with Gasteiger partial charge in [-0.25, -0.2) is 0 Å². The van der Waals surface area contributed by atoms with E-state index in [9.17, 15) is 0 Å². The molecule has 0 aliphatic carbocycles. The lowest BCUT2D eigenvalue weighted by molar-refractivity contribution is -0.917. The summed E-state index contributed by atoms with van der Waals surface area (Å²) >= 11 is 0. The summed E-state index contributed by atoms with van der Waals surface area (Å²) in [6.45, 7) is 12.9. The van der Waals surface area contributed by atoms with Gasteiger partial charge in [0.25, 0.3) is 0 Å². The average Bonchev–Trinajstić information content (AvgIpc) is 2.77. The summed E-state index contributed by atoms with van der Waals surface area (Å²) in [5.74, 6) is 0.896. The summed E-state index contributed by atoms with van der Waals surface area (Å²) in [4.78, 5) is 0. The SMILES string of the molecule is CCC[N+]1(CCCCCCCC(C)C)CCCC1. The van der Waals surface area contributed by atoms with Gasteiger partial charge < -0.3 is 4.48 Å². The number of unbranched alkanes of at least 4 members (excludes halogenated alkanes) is 4. The molecule has 1 heterocycles. The van der Waals surface area contributed by atoms with Crippen molar-refractivity contribution in [1.29, 1.82) is 0 Å². The normalized spacial score (nSPS) is 18.7. The molecule has 18 heavy (non-hydrogen) atoms. The van der Waals surface area contributed by atoms with E-state index in [1.807, 2.05) is 0 Å². The van der Waals surface area contributed by atoms with E-state index < -0.39 is 0 Å². The van der Waals surface area contributed by atoms with Crippen LogP contribution in [0.5, 0.6) is 0 Å². The van der Waals surface area contributed by atoms with Crippen molar-refractivity contribution in [1.82, 2.24) is 0 Å². The van der Waals surface area contributed by atoms with Crippen LogP contribution in [0.25, 0.3) is 0 Å². The standard InChI is InChI=1S/C17H36N/c1-4-13-18(15-10-11-16-18)14-9-7-5-6-8-12-17(2)3/h17H,4-16H2,1-3H3/q+1. The molecule has 0 amide bonds. The van der Waals surface area contributed by atoms with E-state index in [2.05, 4.69) is 20.8 Å². The Hall–Kier alpha value is -0.0400. The first kappa shape index (κ1) is 16.0. The molecule has 1 nitrogen and oxygen atoms in total. The predicted octanol–water partition coefficient (Wildman–Crippen LogP) is 5.00. The fourth-order valence-corrected chi connectivity index (χ4v) is 3.57. The summed E-state index contributed by atoms with van der Waals surface area (Å²) in [5.41, 5.74) is 0. The van der Waals surface area contributed by atoms with E-state index in [1.54, 1.807) is 0 Å². The van der Waals surface area contributed by atoms with Crippen LogP contribution in [0.1, 0.15) is 78.6 Å². The Morgan fingerprint density at radius 3 is 2.06 bits per heavy atom. The Balaban J connectivity index is 2.02. The van der Waals surface area contributed by atoms with Crippen molar-refractivity contribution in [3.05, 3.63) is 0 Å². The topological polar surface area (TPSA) is 0 Å². The summed E-state index contributed by atoms with van der Waals surface area (Å²) in [7, 11) is 0. The number of quaternary nitrogens is 1. The minimum atomic E-state index is 0.896. The molecule has 1 heteroatoms. The van der Waals surface area contributed by atoms with Crippen LogP contribution in [0, 0.1) is 5.92 Å². The molecule has 0 aromatic heterocycles. The molecule has 0 atom stereocenters. The summed E-state index contributed by atoms with van der Waals surface area (Å²) in [5, 5.41) is 0. The molecule has 0 unspecified atom stereocenters. The van der Waals surface area contributed by atoms with Gasteiger partial charge in [0.2, 0.25) is 0 Å². The Morgan fingerprint density at radius 1 is 0.833 bits per heavy atom. The highest BCUT2D eigenvalue weighted by atomic mass is 15.4. The van der Waals surface area contributed by atoms with E-state index in [4.69, 9.17) is 0 Å². The van der Waals surface area contributed by atoms with Gasteiger partial charge in [0.05, 0.1) is 26.2 Å². The second-order valence-corrected chi connectivity index (χ2v) is 6.89. The van der Waals surface area contributed by atoms with Crippen molar-refractivity contribution in [3.8, 4) is 0 Å². The highest BCUT2D eigenvalue weighted by molar-refractivity contribution is 4.56. The van der Waals surface area contributed by atoms with Crippen molar-refractivity contribution >= 4 is 0 Å². The van der Waals surface area contributed by atoms with Crippen LogP contribution >= 0.6 is 0 Å². The fraction of sp³-hybridized carbons (Fsp3) is 1.00. The largest absolute Gasteiger partial charge is 0.324 e. The Labute approximate surface area is 116 Å². The molecule has 1 aliphatic rings. The molecule has 1 saturated heterocycles. The van der Waals surface area contributed by atoms with E-state index in [1.165, 1.54) is 88.4 Å². The van der Waals surface area contributed by atoms with Gasteiger partial charge in [0.1, 0.15) is 0 Å². The van der Waals surface area contributed by atoms with Gasteiger partial charge >= 0.3 is 0 Å². The number of likely N-dealkylation sites (tertiary alicyclic amines) is 1. The van der Waals surface area contributed by atoms with E-state index in [0.29, 0.717) is 0 Å². The van der Waals surface area contributed by atoms with Crippen LogP contribution in [-0.2, 0) is 0 Å². The summed E-state index contributed by atoms with van der Waals surface area (Å²) in [6.07, 6.45) is 13.1. The Bertz CT molecular complexity index is 192. The molecule has 0 saturated carbocycles. The Morgan fingerprint density at radius 2 is 1.44 bits per heavy atom. The van der Waals surface area contributed by atoms with Crippen LogP contribution in [0.2, 0.25) is 0 Å². The lowest BCUT2D eigenvalue weighted by atomic mass is 10.0. The molecular formula is C17H36N+. The monoisotopic (exact) mass is 254 g/mol. The smallest absolute Gasteiger partial charge is 0.0788 e. The number of nitrogens with zero attached hydrogens (tertiary/aromatic N) is 1. The van der Waals surface area contributed by atoms with Gasteiger partial charge in [-0.3, -0.25) is 0 Å². The maximum Gasteiger partial charge on any atom is 0.0788 e. The zero-order chi connectivity index (χ0) is 13.3. The molecule has 108 valence electrons. The van der Waals surface area contributed by atoms with Crippen LogP contribution in [0.4, 0.5) is 0 Å². The van der Waals surface area contributed by atoms with Crippen molar-refractivity contribution in [3.63, 3.8) is 0 Å². The third kappa shape index (κ3) is 6.22. The first-order valence-electron chi connectivity index (χ1n) is 8.53. The van der Waals surface area contributed by atoms with Gasteiger partial charge in [-0.1, -0.05) is 46.5 Å². The van der Waals surface area contributed by atoms with Gasteiger partial charge in [-0.2, -0.15) is 0 Å². The second-order valence-electron chi connectivity index (χ2n) is 6.89. The molecule has 1 rings (SSSR count). The zero-order valence-electron chi connectivity index (χ0n) is 13.2.